The fourth-order valence-corrected chi connectivity index (χ4v) is 3.33. The van der Waals surface area contributed by atoms with Gasteiger partial charge in [0, 0.05) is 6.07 Å². The number of non-ortho nitro benzene ring substituents is 1. The minimum atomic E-state index is -4.48. The molecule has 0 aliphatic heterocycles. The van der Waals surface area contributed by atoms with E-state index in [0.717, 1.165) is 23.3 Å². The van der Waals surface area contributed by atoms with Crippen molar-refractivity contribution >= 4 is 27.4 Å². The Morgan fingerprint density at radius 3 is 2.00 bits per heavy atom. The molecule has 0 bridgehead atoms. The number of nitrogens with one attached hydrogen (secondary N) is 1. The Labute approximate surface area is 164 Å². The number of anilines is 1. The maximum absolute atomic E-state index is 12.2. The molecule has 0 aliphatic rings. The maximum atomic E-state index is 12.2. The van der Waals surface area contributed by atoms with Gasteiger partial charge >= 0.3 is 10.3 Å². The highest BCUT2D eigenvalue weighted by Crippen LogP contribution is 2.30. The molecule has 3 aromatic carbocycles. The number of rotatable bonds is 7. The first-order valence-electron chi connectivity index (χ1n) is 8.06. The van der Waals surface area contributed by atoms with Crippen LogP contribution in [0.1, 0.15) is 0 Å². The number of hydrogen-bond donors (Lipinski definition) is 1. The second kappa shape index (κ2) is 7.94. The van der Waals surface area contributed by atoms with E-state index in [9.17, 15) is 28.6 Å². The molecule has 1 N–H and O–H groups in total. The minimum Gasteiger partial charge on any atom is -0.367 e. The van der Waals surface area contributed by atoms with E-state index >= 15 is 0 Å². The number of nitro benzene ring substituents is 2. The number of hydrogen-bond acceptors (Lipinski definition) is 7. The third-order valence-electron chi connectivity index (χ3n) is 3.79. The predicted octanol–water partition coefficient (Wildman–Crippen LogP) is 3.91. The van der Waals surface area contributed by atoms with Crippen molar-refractivity contribution in [1.29, 1.82) is 0 Å². The molecule has 29 heavy (non-hydrogen) atoms. The molecule has 3 aromatic rings. The van der Waals surface area contributed by atoms with Crippen LogP contribution in [0.15, 0.2) is 72.8 Å². The van der Waals surface area contributed by atoms with Gasteiger partial charge in [0.1, 0.15) is 11.4 Å². The summed E-state index contributed by atoms with van der Waals surface area (Å²) in [5.41, 5.74) is 0.000207. The zero-order valence-electron chi connectivity index (χ0n) is 14.6. The Morgan fingerprint density at radius 2 is 1.41 bits per heavy atom. The molecule has 148 valence electrons. The summed E-state index contributed by atoms with van der Waals surface area (Å²) in [5, 5.41) is 21.9. The average molecular weight is 415 g/mol. The van der Waals surface area contributed by atoms with E-state index in [1.54, 1.807) is 12.1 Å². The first-order valence-corrected chi connectivity index (χ1v) is 9.46. The van der Waals surface area contributed by atoms with Gasteiger partial charge in [-0.25, -0.2) is 4.72 Å². The monoisotopic (exact) mass is 415 g/mol. The molecule has 0 aromatic heterocycles. The summed E-state index contributed by atoms with van der Waals surface area (Å²) in [6.45, 7) is 0. The lowest BCUT2D eigenvalue weighted by Gasteiger charge is -2.10. The zero-order valence-corrected chi connectivity index (χ0v) is 15.4. The van der Waals surface area contributed by atoms with Crippen molar-refractivity contribution in [2.24, 2.45) is 0 Å². The molecule has 0 heterocycles. The predicted molar refractivity (Wildman–Crippen MR) is 105 cm³/mol. The molecule has 0 saturated heterocycles. The van der Waals surface area contributed by atoms with Gasteiger partial charge in [-0.3, -0.25) is 20.2 Å². The molecule has 0 radical (unpaired) electrons. The number of nitrogens with zero attached hydrogens (tertiary/aromatic N) is 2. The summed E-state index contributed by atoms with van der Waals surface area (Å²) in [4.78, 5) is 20.1. The van der Waals surface area contributed by atoms with Crippen molar-refractivity contribution in [2.75, 3.05) is 4.72 Å². The smallest absolute Gasteiger partial charge is 0.367 e. The summed E-state index contributed by atoms with van der Waals surface area (Å²) < 4.78 is 31.3. The Kier molecular flexibility index (Phi) is 5.41. The SMILES string of the molecule is O=[N+]([O-])c1ccc(NS(=O)(=O)Oc2ccc(-c3ccccc3)cc2)c([N+](=O)[O-])c1. The standard InChI is InChI=1S/C18H13N3O7S/c22-20(23)15-8-11-17(18(12-15)21(24)25)19-29(26,27)28-16-9-6-14(7-10-16)13-4-2-1-3-5-13/h1-12,19H. The van der Waals surface area contributed by atoms with Crippen molar-refractivity contribution < 1.29 is 22.4 Å². The summed E-state index contributed by atoms with van der Waals surface area (Å²) in [6, 6.07) is 18.1. The van der Waals surface area contributed by atoms with Gasteiger partial charge in [-0.05, 0) is 29.3 Å². The lowest BCUT2D eigenvalue weighted by Crippen LogP contribution is -2.19. The summed E-state index contributed by atoms with van der Waals surface area (Å²) >= 11 is 0. The normalized spacial score (nSPS) is 10.9. The maximum Gasteiger partial charge on any atom is 0.407 e. The van der Waals surface area contributed by atoms with Crippen LogP contribution >= 0.6 is 0 Å². The van der Waals surface area contributed by atoms with Gasteiger partial charge < -0.3 is 4.18 Å². The second-order valence-electron chi connectivity index (χ2n) is 5.75. The highest BCUT2D eigenvalue weighted by molar-refractivity contribution is 7.88. The number of benzene rings is 3. The van der Waals surface area contributed by atoms with Gasteiger partial charge in [0.25, 0.3) is 11.4 Å². The van der Waals surface area contributed by atoms with Crippen LogP contribution in [-0.2, 0) is 10.3 Å². The van der Waals surface area contributed by atoms with Gasteiger partial charge in [-0.2, -0.15) is 8.42 Å². The first kappa shape index (κ1) is 19.8. The zero-order chi connectivity index (χ0) is 21.0. The molecule has 0 atom stereocenters. The highest BCUT2D eigenvalue weighted by atomic mass is 32.2. The molecule has 0 fully saturated rings. The second-order valence-corrected chi connectivity index (χ2v) is 7.02. The van der Waals surface area contributed by atoms with Crippen LogP contribution in [0.2, 0.25) is 0 Å². The summed E-state index contributed by atoms with van der Waals surface area (Å²) in [6.07, 6.45) is 0. The van der Waals surface area contributed by atoms with Crippen LogP contribution in [-0.4, -0.2) is 18.3 Å². The Morgan fingerprint density at radius 1 is 0.793 bits per heavy atom. The third-order valence-corrected chi connectivity index (χ3v) is 4.67. The molecular weight excluding hydrogens is 402 g/mol. The molecule has 11 heteroatoms. The van der Waals surface area contributed by atoms with Crippen molar-refractivity contribution in [3.63, 3.8) is 0 Å². The van der Waals surface area contributed by atoms with Crippen LogP contribution in [0.4, 0.5) is 17.1 Å². The summed E-state index contributed by atoms with van der Waals surface area (Å²) in [5.74, 6) is -0.0123. The molecule has 0 spiro atoms. The van der Waals surface area contributed by atoms with Crippen LogP contribution in [0.25, 0.3) is 11.1 Å². The Hall–Kier alpha value is -3.99. The minimum absolute atomic E-state index is 0.0123. The van der Waals surface area contributed by atoms with Gasteiger partial charge in [0.15, 0.2) is 0 Å². The molecule has 0 aliphatic carbocycles. The van der Waals surface area contributed by atoms with Gasteiger partial charge in [-0.1, -0.05) is 42.5 Å². The molecule has 10 nitrogen and oxygen atoms in total. The van der Waals surface area contributed by atoms with Crippen LogP contribution in [0, 0.1) is 20.2 Å². The van der Waals surface area contributed by atoms with E-state index in [1.165, 1.54) is 12.1 Å². The fourth-order valence-electron chi connectivity index (χ4n) is 2.49. The first-order chi connectivity index (χ1) is 13.7. The van der Waals surface area contributed by atoms with E-state index < -0.39 is 37.2 Å². The van der Waals surface area contributed by atoms with Crippen LogP contribution in [0.5, 0.6) is 5.75 Å². The van der Waals surface area contributed by atoms with Crippen LogP contribution in [0.3, 0.4) is 0 Å². The molecule has 0 unspecified atom stereocenters. The van der Waals surface area contributed by atoms with Crippen molar-refractivity contribution in [3.05, 3.63) is 93.0 Å². The number of nitro groups is 2. The molecular formula is C18H13N3O7S. The van der Waals surface area contributed by atoms with Crippen molar-refractivity contribution in [1.82, 2.24) is 0 Å². The molecule has 0 amide bonds. The van der Waals surface area contributed by atoms with E-state index in [2.05, 4.69) is 0 Å². The topological polar surface area (TPSA) is 142 Å². The largest absolute Gasteiger partial charge is 0.407 e. The van der Waals surface area contributed by atoms with Gasteiger partial charge in [0.05, 0.1) is 15.9 Å². The highest BCUT2D eigenvalue weighted by Gasteiger charge is 2.24. The van der Waals surface area contributed by atoms with E-state index in [-0.39, 0.29) is 5.75 Å². The van der Waals surface area contributed by atoms with Gasteiger partial charge in [0.2, 0.25) is 0 Å². The lowest BCUT2D eigenvalue weighted by molar-refractivity contribution is -0.393. The Bertz CT molecular complexity index is 1160. The molecule has 0 saturated carbocycles. The fraction of sp³-hybridized carbons (Fsp3) is 0. The van der Waals surface area contributed by atoms with E-state index in [0.29, 0.717) is 6.07 Å². The average Bonchev–Trinajstić information content (AvgIpc) is 2.68. The molecule has 3 rings (SSSR count). The Balaban J connectivity index is 1.80. The quantitative estimate of drug-likeness (QED) is 0.455. The van der Waals surface area contributed by atoms with Crippen molar-refractivity contribution in [3.8, 4) is 16.9 Å². The van der Waals surface area contributed by atoms with Gasteiger partial charge in [-0.15, -0.1) is 0 Å². The summed E-state index contributed by atoms with van der Waals surface area (Å²) in [7, 11) is -4.48. The van der Waals surface area contributed by atoms with E-state index in [4.69, 9.17) is 4.18 Å². The van der Waals surface area contributed by atoms with Crippen LogP contribution < -0.4 is 8.91 Å². The lowest BCUT2D eigenvalue weighted by atomic mass is 10.1. The van der Waals surface area contributed by atoms with Crippen molar-refractivity contribution in [2.45, 2.75) is 0 Å². The van der Waals surface area contributed by atoms with E-state index in [1.807, 2.05) is 35.1 Å². The third kappa shape index (κ3) is 4.84.